The van der Waals surface area contributed by atoms with Crippen LogP contribution in [0.15, 0.2) is 30.3 Å². The zero-order valence-corrected chi connectivity index (χ0v) is 11.9. The number of hydrogen-bond donors (Lipinski definition) is 1. The Morgan fingerprint density at radius 1 is 1.21 bits per heavy atom. The van der Waals surface area contributed by atoms with Crippen LogP contribution in [0.25, 0.3) is 0 Å². The molecular weight excluding hydrogens is 236 g/mol. The van der Waals surface area contributed by atoms with E-state index >= 15 is 0 Å². The molecular formula is C17H24O2. The quantitative estimate of drug-likeness (QED) is 0.744. The van der Waals surface area contributed by atoms with Gasteiger partial charge in [-0.1, -0.05) is 69.9 Å². The number of unbranched alkanes of at least 4 members (excludes halogenated alkanes) is 3. The summed E-state index contributed by atoms with van der Waals surface area (Å²) in [5, 5.41) is 9.42. The molecule has 1 aromatic rings. The molecule has 1 aliphatic carbocycles. The highest BCUT2D eigenvalue weighted by Gasteiger charge is 2.65. The van der Waals surface area contributed by atoms with Crippen molar-refractivity contribution < 1.29 is 9.90 Å². The van der Waals surface area contributed by atoms with Crippen molar-refractivity contribution in [2.45, 2.75) is 51.4 Å². The van der Waals surface area contributed by atoms with E-state index < -0.39 is 5.97 Å². The van der Waals surface area contributed by atoms with Gasteiger partial charge in [-0.25, -0.2) is 0 Å². The third-order valence-corrected chi connectivity index (χ3v) is 4.74. The average molecular weight is 260 g/mol. The Hall–Kier alpha value is -1.31. The lowest BCUT2D eigenvalue weighted by atomic mass is 9.92. The van der Waals surface area contributed by atoms with Crippen molar-refractivity contribution >= 4 is 5.97 Å². The van der Waals surface area contributed by atoms with E-state index in [0.717, 1.165) is 12.8 Å². The normalized spacial score (nSPS) is 29.2. The van der Waals surface area contributed by atoms with Crippen LogP contribution in [0.1, 0.15) is 51.5 Å². The van der Waals surface area contributed by atoms with E-state index in [2.05, 4.69) is 26.0 Å². The summed E-state index contributed by atoms with van der Waals surface area (Å²) < 4.78 is 0. The summed E-state index contributed by atoms with van der Waals surface area (Å²) in [5.41, 5.74) is 1.03. The first kappa shape index (κ1) is 14.1. The molecule has 104 valence electrons. The van der Waals surface area contributed by atoms with Crippen molar-refractivity contribution in [3.63, 3.8) is 0 Å². The molecule has 1 saturated carbocycles. The van der Waals surface area contributed by atoms with Crippen molar-refractivity contribution in [3.8, 4) is 0 Å². The van der Waals surface area contributed by atoms with Gasteiger partial charge in [0, 0.05) is 5.41 Å². The smallest absolute Gasteiger partial charge is 0.307 e. The van der Waals surface area contributed by atoms with Crippen LogP contribution in [0.2, 0.25) is 0 Å². The second kappa shape index (κ2) is 5.77. The second-order valence-electron chi connectivity index (χ2n) is 5.92. The van der Waals surface area contributed by atoms with Gasteiger partial charge in [0.2, 0.25) is 0 Å². The third-order valence-electron chi connectivity index (χ3n) is 4.74. The Labute approximate surface area is 115 Å². The molecule has 1 aliphatic rings. The number of carboxylic acids is 1. The van der Waals surface area contributed by atoms with Gasteiger partial charge < -0.3 is 5.11 Å². The largest absolute Gasteiger partial charge is 0.481 e. The molecule has 1 fully saturated rings. The van der Waals surface area contributed by atoms with Gasteiger partial charge in [-0.05, 0) is 17.9 Å². The maximum Gasteiger partial charge on any atom is 0.307 e. The van der Waals surface area contributed by atoms with Gasteiger partial charge in [0.05, 0.1) is 5.92 Å². The molecule has 0 aliphatic heterocycles. The Bertz CT molecular complexity index is 426. The van der Waals surface area contributed by atoms with Crippen molar-refractivity contribution in [1.82, 2.24) is 0 Å². The molecule has 19 heavy (non-hydrogen) atoms. The fraction of sp³-hybridized carbons (Fsp3) is 0.588. The van der Waals surface area contributed by atoms with Crippen LogP contribution in [0, 0.1) is 11.8 Å². The predicted octanol–water partition coefficient (Wildman–Crippen LogP) is 4.25. The first-order valence-electron chi connectivity index (χ1n) is 7.40. The van der Waals surface area contributed by atoms with Gasteiger partial charge in [0.15, 0.2) is 0 Å². The number of rotatable bonds is 7. The van der Waals surface area contributed by atoms with E-state index in [1.54, 1.807) is 0 Å². The van der Waals surface area contributed by atoms with E-state index in [4.69, 9.17) is 0 Å². The van der Waals surface area contributed by atoms with E-state index in [0.29, 0.717) is 5.92 Å². The zero-order valence-electron chi connectivity index (χ0n) is 11.9. The minimum Gasteiger partial charge on any atom is -0.481 e. The first-order chi connectivity index (χ1) is 9.12. The van der Waals surface area contributed by atoms with Crippen LogP contribution in [0.3, 0.4) is 0 Å². The number of aliphatic carboxylic acids is 1. The number of carboxylic acid groups (broad SMARTS) is 1. The van der Waals surface area contributed by atoms with Crippen molar-refractivity contribution in [3.05, 3.63) is 35.9 Å². The third kappa shape index (κ3) is 2.68. The molecule has 2 rings (SSSR count). The van der Waals surface area contributed by atoms with Crippen LogP contribution in [0.4, 0.5) is 0 Å². The molecule has 0 bridgehead atoms. The summed E-state index contributed by atoms with van der Waals surface area (Å²) in [6.45, 7) is 4.32. The molecule has 2 nitrogen and oxygen atoms in total. The van der Waals surface area contributed by atoms with Crippen LogP contribution < -0.4 is 0 Å². The number of benzene rings is 1. The summed E-state index contributed by atoms with van der Waals surface area (Å²) in [6, 6.07) is 10.1. The van der Waals surface area contributed by atoms with Gasteiger partial charge in [0.25, 0.3) is 0 Å². The lowest BCUT2D eigenvalue weighted by Crippen LogP contribution is -2.10. The SMILES string of the molecule is CCCCCC[C@@H]1[C@H](C(=O)O)[C@@]1(C)c1ccccc1. The lowest BCUT2D eigenvalue weighted by Gasteiger charge is -2.11. The van der Waals surface area contributed by atoms with Gasteiger partial charge in [-0.2, -0.15) is 0 Å². The highest BCUT2D eigenvalue weighted by molar-refractivity contribution is 5.78. The molecule has 0 saturated heterocycles. The van der Waals surface area contributed by atoms with Gasteiger partial charge >= 0.3 is 5.97 Å². The molecule has 0 amide bonds. The van der Waals surface area contributed by atoms with Crippen molar-refractivity contribution in [2.75, 3.05) is 0 Å². The fourth-order valence-corrected chi connectivity index (χ4v) is 3.48. The van der Waals surface area contributed by atoms with Gasteiger partial charge in [-0.15, -0.1) is 0 Å². The monoisotopic (exact) mass is 260 g/mol. The molecule has 0 radical (unpaired) electrons. The molecule has 2 heteroatoms. The zero-order chi connectivity index (χ0) is 13.9. The Balaban J connectivity index is 2.04. The Morgan fingerprint density at radius 3 is 2.47 bits per heavy atom. The van der Waals surface area contributed by atoms with Gasteiger partial charge in [0.1, 0.15) is 0 Å². The Kier molecular flexibility index (Phi) is 4.28. The van der Waals surface area contributed by atoms with E-state index in [1.807, 2.05) is 18.2 Å². The topological polar surface area (TPSA) is 37.3 Å². The highest BCUT2D eigenvalue weighted by atomic mass is 16.4. The standard InChI is InChI=1S/C17H24O2/c1-3-4-5-9-12-14-15(16(18)19)17(14,2)13-10-7-6-8-11-13/h6-8,10-11,14-15H,3-5,9,12H2,1-2H3,(H,18,19)/t14-,15-,17+/m1/s1. The van der Waals surface area contributed by atoms with Crippen LogP contribution in [0.5, 0.6) is 0 Å². The summed E-state index contributed by atoms with van der Waals surface area (Å²) in [5.74, 6) is -0.521. The number of carbonyl (C=O) groups is 1. The van der Waals surface area contributed by atoms with E-state index in [-0.39, 0.29) is 11.3 Å². The van der Waals surface area contributed by atoms with Crippen LogP contribution in [-0.2, 0) is 10.2 Å². The summed E-state index contributed by atoms with van der Waals surface area (Å²) in [6.07, 6.45) is 5.91. The minimum absolute atomic E-state index is 0.153. The van der Waals surface area contributed by atoms with E-state index in [1.165, 1.54) is 24.8 Å². The molecule has 0 heterocycles. The minimum atomic E-state index is -0.633. The van der Waals surface area contributed by atoms with Crippen molar-refractivity contribution in [2.24, 2.45) is 11.8 Å². The maximum atomic E-state index is 11.4. The molecule has 1 N–H and O–H groups in total. The van der Waals surface area contributed by atoms with Crippen LogP contribution >= 0.6 is 0 Å². The first-order valence-corrected chi connectivity index (χ1v) is 7.40. The second-order valence-corrected chi connectivity index (χ2v) is 5.92. The highest BCUT2D eigenvalue weighted by Crippen LogP contribution is 2.61. The van der Waals surface area contributed by atoms with Gasteiger partial charge in [-0.3, -0.25) is 4.79 Å². The molecule has 1 aromatic carbocycles. The lowest BCUT2D eigenvalue weighted by molar-refractivity contribution is -0.139. The van der Waals surface area contributed by atoms with Crippen LogP contribution in [-0.4, -0.2) is 11.1 Å². The summed E-state index contributed by atoms with van der Waals surface area (Å²) in [7, 11) is 0. The molecule has 0 unspecified atom stereocenters. The number of hydrogen-bond acceptors (Lipinski definition) is 1. The fourth-order valence-electron chi connectivity index (χ4n) is 3.48. The van der Waals surface area contributed by atoms with E-state index in [9.17, 15) is 9.90 Å². The predicted molar refractivity (Wildman–Crippen MR) is 77.2 cm³/mol. The summed E-state index contributed by atoms with van der Waals surface area (Å²) in [4.78, 5) is 11.4. The molecule has 0 aromatic heterocycles. The molecule has 3 atom stereocenters. The molecule has 0 spiro atoms. The summed E-state index contributed by atoms with van der Waals surface area (Å²) >= 11 is 0. The maximum absolute atomic E-state index is 11.4. The Morgan fingerprint density at radius 2 is 1.89 bits per heavy atom. The van der Waals surface area contributed by atoms with Crippen molar-refractivity contribution in [1.29, 1.82) is 0 Å². The average Bonchev–Trinajstić information content (AvgIpc) is 3.03.